The molecule has 4 nitrogen and oxygen atoms in total. The molecule has 0 bridgehead atoms. The summed E-state index contributed by atoms with van der Waals surface area (Å²) in [6.07, 6.45) is -0.115. The Morgan fingerprint density at radius 3 is 2.46 bits per heavy atom. The number of hydrogen-bond donors (Lipinski definition) is 0. The number of carbonyl (C=O) groups excluding carboxylic acids is 2. The van der Waals surface area contributed by atoms with Crippen LogP contribution in [-0.4, -0.2) is 30.2 Å². The van der Waals surface area contributed by atoms with Crippen molar-refractivity contribution < 1.29 is 19.1 Å². The largest absolute Gasteiger partial charge is 0.462 e. The van der Waals surface area contributed by atoms with Crippen molar-refractivity contribution in [2.45, 2.75) is 20.0 Å². The van der Waals surface area contributed by atoms with E-state index in [2.05, 4.69) is 4.74 Å². The van der Waals surface area contributed by atoms with Gasteiger partial charge in [0.15, 0.2) is 0 Å². The third-order valence-corrected chi connectivity index (χ3v) is 2.73. The van der Waals surface area contributed by atoms with Crippen LogP contribution in [0.4, 0.5) is 4.79 Å². The molecular weight excluding hydrogens is 212 g/mol. The Morgan fingerprint density at radius 1 is 1.38 bits per heavy atom. The van der Waals surface area contributed by atoms with Gasteiger partial charge in [0.25, 0.3) is 0 Å². The smallest absolute Gasteiger partial charge is 0.377 e. The number of hydrogen-bond acceptors (Lipinski definition) is 6. The van der Waals surface area contributed by atoms with Gasteiger partial charge in [-0.05, 0) is 13.8 Å². The molecule has 0 amide bonds. The summed E-state index contributed by atoms with van der Waals surface area (Å²) in [4.78, 5) is 21.5. The first-order valence-corrected chi connectivity index (χ1v) is 5.95. The molecule has 13 heavy (non-hydrogen) atoms. The first-order valence-electron chi connectivity index (χ1n) is 3.63. The summed E-state index contributed by atoms with van der Waals surface area (Å²) in [5, 5.41) is -0.414. The molecule has 0 N–H and O–H groups in total. The Bertz CT molecular complexity index is 181. The predicted octanol–water partition coefficient (Wildman–Crippen LogP) is 2.09. The Balaban J connectivity index is 3.42. The second-order valence-electron chi connectivity index (χ2n) is 2.34. The fraction of sp³-hybridized carbons (Fsp3) is 0.714. The Hall–Kier alpha value is -0.360. The summed E-state index contributed by atoms with van der Waals surface area (Å²) in [5.41, 5.74) is 0. The average Bonchev–Trinajstić information content (AvgIpc) is 2.02. The number of rotatable bonds is 4. The van der Waals surface area contributed by atoms with Crippen LogP contribution in [0.25, 0.3) is 0 Å². The van der Waals surface area contributed by atoms with Gasteiger partial charge in [0.1, 0.15) is 5.75 Å². The molecule has 0 aliphatic heterocycles. The van der Waals surface area contributed by atoms with Crippen molar-refractivity contribution in [1.82, 2.24) is 0 Å². The van der Waals surface area contributed by atoms with E-state index in [0.29, 0.717) is 0 Å². The van der Waals surface area contributed by atoms with Crippen LogP contribution in [0, 0.1) is 0 Å². The molecule has 0 aromatic carbocycles. The number of methoxy groups -OCH3 is 1. The van der Waals surface area contributed by atoms with E-state index in [1.807, 2.05) is 0 Å². The zero-order valence-corrected chi connectivity index (χ0v) is 9.37. The zero-order chi connectivity index (χ0) is 10.3. The van der Waals surface area contributed by atoms with Crippen molar-refractivity contribution >= 4 is 32.9 Å². The standard InChI is InChI=1S/C7H12O4S2/c1-5(2)11-6(8)4-12-13-7(9)10-3/h5H,4H2,1-3H3. The van der Waals surface area contributed by atoms with Gasteiger partial charge in [-0.2, -0.15) is 0 Å². The van der Waals surface area contributed by atoms with Crippen molar-refractivity contribution in [3.8, 4) is 0 Å². The lowest BCUT2D eigenvalue weighted by Crippen LogP contribution is -2.12. The van der Waals surface area contributed by atoms with Crippen molar-refractivity contribution in [2.75, 3.05) is 12.9 Å². The maximum Gasteiger partial charge on any atom is 0.377 e. The molecule has 0 saturated heterocycles. The van der Waals surface area contributed by atoms with Gasteiger partial charge in [0, 0.05) is 10.8 Å². The normalized spacial score (nSPS) is 9.85. The molecule has 0 atom stereocenters. The van der Waals surface area contributed by atoms with Crippen LogP contribution in [0.1, 0.15) is 13.8 Å². The van der Waals surface area contributed by atoms with Crippen molar-refractivity contribution in [2.24, 2.45) is 0 Å². The third-order valence-electron chi connectivity index (χ3n) is 0.838. The van der Waals surface area contributed by atoms with Crippen LogP contribution < -0.4 is 0 Å². The molecule has 0 fully saturated rings. The van der Waals surface area contributed by atoms with Gasteiger partial charge in [-0.25, -0.2) is 4.79 Å². The summed E-state index contributed by atoms with van der Waals surface area (Å²) in [5.74, 6) is -0.172. The zero-order valence-electron chi connectivity index (χ0n) is 7.73. The molecule has 6 heteroatoms. The van der Waals surface area contributed by atoms with E-state index >= 15 is 0 Å². The van der Waals surface area contributed by atoms with Crippen LogP contribution in [0.5, 0.6) is 0 Å². The highest BCUT2D eigenvalue weighted by atomic mass is 33.1. The lowest BCUT2D eigenvalue weighted by Gasteiger charge is -2.06. The minimum Gasteiger partial charge on any atom is -0.462 e. The summed E-state index contributed by atoms with van der Waals surface area (Å²) in [7, 11) is 3.28. The molecule has 0 unspecified atom stereocenters. The highest BCUT2D eigenvalue weighted by Crippen LogP contribution is 2.23. The molecule has 0 aromatic heterocycles. The molecule has 76 valence electrons. The van der Waals surface area contributed by atoms with Crippen LogP contribution in [-0.2, 0) is 14.3 Å². The lowest BCUT2D eigenvalue weighted by molar-refractivity contribution is -0.144. The van der Waals surface area contributed by atoms with Crippen LogP contribution in [0.2, 0.25) is 0 Å². The maximum absolute atomic E-state index is 10.9. The van der Waals surface area contributed by atoms with Gasteiger partial charge in [-0.3, -0.25) is 4.79 Å². The van der Waals surface area contributed by atoms with Gasteiger partial charge < -0.3 is 9.47 Å². The van der Waals surface area contributed by atoms with E-state index in [9.17, 15) is 9.59 Å². The van der Waals surface area contributed by atoms with E-state index in [4.69, 9.17) is 4.74 Å². The number of carbonyl (C=O) groups is 2. The SMILES string of the molecule is COC(=O)SSCC(=O)OC(C)C. The Kier molecular flexibility index (Phi) is 6.89. The second kappa shape index (κ2) is 7.08. The predicted molar refractivity (Wildman–Crippen MR) is 53.7 cm³/mol. The molecular formula is C7H12O4S2. The molecule has 0 aliphatic carbocycles. The fourth-order valence-electron chi connectivity index (χ4n) is 0.457. The van der Waals surface area contributed by atoms with Crippen LogP contribution in [0.3, 0.4) is 0 Å². The molecule has 0 aromatic rings. The summed E-state index contributed by atoms with van der Waals surface area (Å²) in [6, 6.07) is 0. The maximum atomic E-state index is 10.9. The molecule has 0 heterocycles. The van der Waals surface area contributed by atoms with Gasteiger partial charge in [0.05, 0.1) is 13.2 Å². The first kappa shape index (κ1) is 12.6. The molecule has 0 aliphatic rings. The topological polar surface area (TPSA) is 52.6 Å². The van der Waals surface area contributed by atoms with Crippen LogP contribution >= 0.6 is 21.6 Å². The van der Waals surface area contributed by atoms with Gasteiger partial charge in [0.2, 0.25) is 0 Å². The van der Waals surface area contributed by atoms with Gasteiger partial charge in [-0.15, -0.1) is 0 Å². The van der Waals surface area contributed by atoms with Gasteiger partial charge in [-0.1, -0.05) is 10.8 Å². The van der Waals surface area contributed by atoms with E-state index in [1.54, 1.807) is 13.8 Å². The second-order valence-corrected chi connectivity index (χ2v) is 4.57. The Morgan fingerprint density at radius 2 is 2.00 bits per heavy atom. The molecule has 0 spiro atoms. The summed E-state index contributed by atoms with van der Waals surface area (Å²) < 4.78 is 9.20. The van der Waals surface area contributed by atoms with Crippen LogP contribution in [0.15, 0.2) is 0 Å². The van der Waals surface area contributed by atoms with E-state index in [1.165, 1.54) is 7.11 Å². The van der Waals surface area contributed by atoms with E-state index in [0.717, 1.165) is 21.6 Å². The van der Waals surface area contributed by atoms with E-state index < -0.39 is 5.30 Å². The third kappa shape index (κ3) is 7.98. The first-order chi connectivity index (χ1) is 6.06. The van der Waals surface area contributed by atoms with Crippen molar-refractivity contribution in [1.29, 1.82) is 0 Å². The van der Waals surface area contributed by atoms with E-state index in [-0.39, 0.29) is 17.8 Å². The average molecular weight is 224 g/mol. The summed E-state index contributed by atoms with van der Waals surface area (Å²) in [6.45, 7) is 3.55. The molecule has 0 rings (SSSR count). The Labute approximate surface area is 85.1 Å². The molecule has 0 saturated carbocycles. The minimum absolute atomic E-state index is 0.115. The summed E-state index contributed by atoms with van der Waals surface area (Å²) >= 11 is 0. The fourth-order valence-corrected chi connectivity index (χ4v) is 1.80. The minimum atomic E-state index is -0.414. The van der Waals surface area contributed by atoms with Gasteiger partial charge >= 0.3 is 11.3 Å². The highest BCUT2D eigenvalue weighted by molar-refractivity contribution is 8.82. The number of ether oxygens (including phenoxy) is 2. The van der Waals surface area contributed by atoms with Crippen molar-refractivity contribution in [3.63, 3.8) is 0 Å². The molecule has 0 radical (unpaired) electrons. The number of esters is 1. The van der Waals surface area contributed by atoms with Crippen molar-refractivity contribution in [3.05, 3.63) is 0 Å². The quantitative estimate of drug-likeness (QED) is 0.538. The lowest BCUT2D eigenvalue weighted by atomic mass is 10.5. The monoisotopic (exact) mass is 224 g/mol. The highest BCUT2D eigenvalue weighted by Gasteiger charge is 2.08.